The molecular weight excluding hydrogens is 224 g/mol. The Morgan fingerprint density at radius 1 is 1.17 bits per heavy atom. The van der Waals surface area contributed by atoms with Gasteiger partial charge in [0.1, 0.15) is 5.82 Å². The molecule has 0 amide bonds. The molecule has 0 unspecified atom stereocenters. The topological polar surface area (TPSA) is 36.4 Å². The Balaban J connectivity index is 1.68. The molecular formula is C15H22N2O. The highest BCUT2D eigenvalue weighted by atomic mass is 16.3. The second-order valence-electron chi connectivity index (χ2n) is 5.87. The van der Waals surface area contributed by atoms with E-state index in [2.05, 4.69) is 9.88 Å². The maximum Gasteiger partial charge on any atom is 0.128 e. The second kappa shape index (κ2) is 4.88. The lowest BCUT2D eigenvalue weighted by molar-refractivity contribution is 0.226. The van der Waals surface area contributed by atoms with Crippen molar-refractivity contribution in [2.75, 3.05) is 18.0 Å². The van der Waals surface area contributed by atoms with Gasteiger partial charge in [0.05, 0.1) is 6.61 Å². The maximum atomic E-state index is 9.18. The smallest absolute Gasteiger partial charge is 0.128 e. The number of aromatic nitrogens is 1. The summed E-state index contributed by atoms with van der Waals surface area (Å²) in [4.78, 5) is 6.82. The summed E-state index contributed by atoms with van der Waals surface area (Å²) in [6, 6.07) is 3.90. The van der Waals surface area contributed by atoms with E-state index >= 15 is 0 Å². The fraction of sp³-hybridized carbons (Fsp3) is 0.667. The monoisotopic (exact) mass is 246 g/mol. The van der Waals surface area contributed by atoms with Crippen LogP contribution in [0.15, 0.2) is 18.3 Å². The van der Waals surface area contributed by atoms with Crippen LogP contribution >= 0.6 is 0 Å². The fourth-order valence-corrected chi connectivity index (χ4v) is 3.57. The van der Waals surface area contributed by atoms with Crippen molar-refractivity contribution in [1.29, 1.82) is 0 Å². The lowest BCUT2D eigenvalue weighted by atomic mass is 9.77. The van der Waals surface area contributed by atoms with E-state index in [1.54, 1.807) is 6.20 Å². The molecule has 1 N–H and O–H groups in total. The second-order valence-corrected chi connectivity index (χ2v) is 5.87. The molecule has 2 aliphatic rings. The standard InChI is InChI=1S/C15H22N2O/c18-12-13-3-8-16-14(11-13)17-9-6-15(7-10-17)4-1-2-5-15/h3,8,11,18H,1-2,4-7,9-10,12H2. The predicted molar refractivity (Wildman–Crippen MR) is 72.5 cm³/mol. The molecule has 1 spiro atoms. The normalized spacial score (nSPS) is 22.6. The van der Waals surface area contributed by atoms with Crippen LogP contribution in [0.25, 0.3) is 0 Å². The number of nitrogens with zero attached hydrogens (tertiary/aromatic N) is 2. The summed E-state index contributed by atoms with van der Waals surface area (Å²) in [5, 5.41) is 9.18. The molecule has 3 heteroatoms. The van der Waals surface area contributed by atoms with Gasteiger partial charge in [0.25, 0.3) is 0 Å². The van der Waals surface area contributed by atoms with Crippen LogP contribution in [0.2, 0.25) is 0 Å². The fourth-order valence-electron chi connectivity index (χ4n) is 3.57. The number of anilines is 1. The van der Waals surface area contributed by atoms with Gasteiger partial charge in [-0.3, -0.25) is 0 Å². The number of aliphatic hydroxyl groups excluding tert-OH is 1. The number of piperidine rings is 1. The van der Waals surface area contributed by atoms with Gasteiger partial charge in [-0.1, -0.05) is 12.8 Å². The molecule has 0 radical (unpaired) electrons. The summed E-state index contributed by atoms with van der Waals surface area (Å²) in [7, 11) is 0. The number of hydrogen-bond donors (Lipinski definition) is 1. The molecule has 18 heavy (non-hydrogen) atoms. The molecule has 1 aliphatic heterocycles. The van der Waals surface area contributed by atoms with Crippen molar-refractivity contribution in [3.05, 3.63) is 23.9 Å². The van der Waals surface area contributed by atoms with E-state index in [1.165, 1.54) is 38.5 Å². The van der Waals surface area contributed by atoms with Gasteiger partial charge >= 0.3 is 0 Å². The van der Waals surface area contributed by atoms with Crippen LogP contribution in [-0.2, 0) is 6.61 Å². The molecule has 0 bridgehead atoms. The van der Waals surface area contributed by atoms with Crippen molar-refractivity contribution in [3.63, 3.8) is 0 Å². The van der Waals surface area contributed by atoms with Gasteiger partial charge < -0.3 is 10.0 Å². The average Bonchev–Trinajstić information content (AvgIpc) is 2.88. The van der Waals surface area contributed by atoms with Gasteiger partial charge in [0, 0.05) is 19.3 Å². The van der Waals surface area contributed by atoms with Crippen molar-refractivity contribution in [2.24, 2.45) is 5.41 Å². The summed E-state index contributed by atoms with van der Waals surface area (Å²) in [5.74, 6) is 1.04. The number of pyridine rings is 1. The quantitative estimate of drug-likeness (QED) is 0.871. The highest BCUT2D eigenvalue weighted by Crippen LogP contribution is 2.46. The lowest BCUT2D eigenvalue weighted by Gasteiger charge is -2.40. The largest absolute Gasteiger partial charge is 0.392 e. The number of aliphatic hydroxyl groups is 1. The van der Waals surface area contributed by atoms with Crippen molar-refractivity contribution < 1.29 is 5.11 Å². The summed E-state index contributed by atoms with van der Waals surface area (Å²) < 4.78 is 0. The molecule has 3 rings (SSSR count). The van der Waals surface area contributed by atoms with Crippen LogP contribution in [0.1, 0.15) is 44.1 Å². The van der Waals surface area contributed by atoms with E-state index in [0.717, 1.165) is 24.5 Å². The zero-order valence-corrected chi connectivity index (χ0v) is 10.9. The van der Waals surface area contributed by atoms with Crippen LogP contribution in [0, 0.1) is 5.41 Å². The first-order valence-electron chi connectivity index (χ1n) is 7.12. The van der Waals surface area contributed by atoms with Gasteiger partial charge in [-0.25, -0.2) is 4.98 Å². The van der Waals surface area contributed by atoms with Crippen LogP contribution in [-0.4, -0.2) is 23.2 Å². The lowest BCUT2D eigenvalue weighted by Crippen LogP contribution is -2.39. The Morgan fingerprint density at radius 3 is 2.56 bits per heavy atom. The third kappa shape index (κ3) is 2.24. The van der Waals surface area contributed by atoms with Gasteiger partial charge in [-0.05, 0) is 48.8 Å². The molecule has 0 aromatic carbocycles. The molecule has 1 aliphatic carbocycles. The van der Waals surface area contributed by atoms with Gasteiger partial charge in [-0.15, -0.1) is 0 Å². The van der Waals surface area contributed by atoms with E-state index in [1.807, 2.05) is 12.1 Å². The molecule has 1 aromatic rings. The van der Waals surface area contributed by atoms with Gasteiger partial charge in [0.15, 0.2) is 0 Å². The van der Waals surface area contributed by atoms with Crippen molar-refractivity contribution in [3.8, 4) is 0 Å². The summed E-state index contributed by atoms with van der Waals surface area (Å²) in [5.41, 5.74) is 1.62. The molecule has 1 saturated carbocycles. The Kier molecular flexibility index (Phi) is 3.25. The molecule has 2 fully saturated rings. The zero-order valence-electron chi connectivity index (χ0n) is 10.9. The Bertz CT molecular complexity index is 403. The highest BCUT2D eigenvalue weighted by molar-refractivity contribution is 5.41. The number of rotatable bonds is 2. The first kappa shape index (κ1) is 12.0. The Hall–Kier alpha value is -1.09. The van der Waals surface area contributed by atoms with Crippen molar-refractivity contribution in [2.45, 2.75) is 45.1 Å². The molecule has 1 saturated heterocycles. The zero-order chi connectivity index (χ0) is 12.4. The summed E-state index contributed by atoms with van der Waals surface area (Å²) in [6.45, 7) is 2.36. The van der Waals surface area contributed by atoms with Crippen LogP contribution in [0.3, 0.4) is 0 Å². The van der Waals surface area contributed by atoms with Gasteiger partial charge in [-0.2, -0.15) is 0 Å². The Labute approximate surface area is 109 Å². The van der Waals surface area contributed by atoms with Crippen molar-refractivity contribution in [1.82, 2.24) is 4.98 Å². The van der Waals surface area contributed by atoms with Gasteiger partial charge in [0.2, 0.25) is 0 Å². The minimum atomic E-state index is 0.104. The number of hydrogen-bond acceptors (Lipinski definition) is 3. The average molecular weight is 246 g/mol. The minimum Gasteiger partial charge on any atom is -0.392 e. The van der Waals surface area contributed by atoms with Crippen LogP contribution in [0.4, 0.5) is 5.82 Å². The van der Waals surface area contributed by atoms with Crippen LogP contribution < -0.4 is 4.90 Å². The summed E-state index contributed by atoms with van der Waals surface area (Å²) in [6.07, 6.45) is 10.2. The van der Waals surface area contributed by atoms with E-state index in [-0.39, 0.29) is 6.61 Å². The third-order valence-electron chi connectivity index (χ3n) is 4.80. The molecule has 2 heterocycles. The molecule has 98 valence electrons. The molecule has 3 nitrogen and oxygen atoms in total. The van der Waals surface area contributed by atoms with E-state index in [0.29, 0.717) is 5.41 Å². The third-order valence-corrected chi connectivity index (χ3v) is 4.80. The van der Waals surface area contributed by atoms with E-state index < -0.39 is 0 Å². The first-order chi connectivity index (χ1) is 8.81. The van der Waals surface area contributed by atoms with Crippen molar-refractivity contribution >= 4 is 5.82 Å². The summed E-state index contributed by atoms with van der Waals surface area (Å²) >= 11 is 0. The first-order valence-corrected chi connectivity index (χ1v) is 7.12. The molecule has 1 aromatic heterocycles. The molecule has 0 atom stereocenters. The highest BCUT2D eigenvalue weighted by Gasteiger charge is 2.37. The maximum absolute atomic E-state index is 9.18. The predicted octanol–water partition coefficient (Wildman–Crippen LogP) is 2.73. The van der Waals surface area contributed by atoms with E-state index in [4.69, 9.17) is 0 Å². The van der Waals surface area contributed by atoms with E-state index in [9.17, 15) is 5.11 Å². The SMILES string of the molecule is OCc1ccnc(N2CCC3(CCCC3)CC2)c1. The van der Waals surface area contributed by atoms with Crippen LogP contribution in [0.5, 0.6) is 0 Å². The Morgan fingerprint density at radius 2 is 1.89 bits per heavy atom. The minimum absolute atomic E-state index is 0.104.